The number of H-pyrrole nitrogens is 1. The molecule has 8 nitrogen and oxygen atoms in total. The third-order valence-electron chi connectivity index (χ3n) is 3.95. The maximum Gasteiger partial charge on any atom is 0.416 e. The lowest BCUT2D eigenvalue weighted by atomic mass is 10.1. The number of hydrogen-bond acceptors (Lipinski definition) is 6. The van der Waals surface area contributed by atoms with Crippen LogP contribution in [0.15, 0.2) is 63.7 Å². The van der Waals surface area contributed by atoms with Crippen LogP contribution in [0.25, 0.3) is 11.3 Å². The van der Waals surface area contributed by atoms with E-state index in [2.05, 4.69) is 20.2 Å². The number of thioether (sulfide) groups is 1. The van der Waals surface area contributed by atoms with Gasteiger partial charge >= 0.3 is 6.18 Å². The molecule has 4 rings (SSSR count). The van der Waals surface area contributed by atoms with Crippen LogP contribution in [0.5, 0.6) is 0 Å². The van der Waals surface area contributed by atoms with Gasteiger partial charge in [0.2, 0.25) is 0 Å². The van der Waals surface area contributed by atoms with Crippen LogP contribution < -0.4 is 11.1 Å². The normalized spacial score (nSPS) is 11.8. The van der Waals surface area contributed by atoms with E-state index in [9.17, 15) is 22.8 Å². The third kappa shape index (κ3) is 3.78. The first-order chi connectivity index (χ1) is 13.8. The molecule has 0 aliphatic carbocycles. The molecule has 0 atom stereocenters. The van der Waals surface area contributed by atoms with Crippen LogP contribution in [-0.2, 0) is 11.9 Å². The topological polar surface area (TPSA) is 97.9 Å². The molecule has 0 spiro atoms. The minimum Gasteiger partial charge on any atom is -0.324 e. The average molecular weight is 420 g/mol. The molecule has 12 heteroatoms. The molecule has 1 N–H and O–H groups in total. The highest BCUT2D eigenvalue weighted by molar-refractivity contribution is 7.98. The standard InChI is InChI=1S/C17H11F3N6O2S/c18-17(19,20)11-3-1-10(2-4-11)9-29-16-24-26-12(5-6-23-26)15(28)25(16)13-7-22-14(27)8-21-13/h1-8H,9H2,(H,22,27). The first-order valence-electron chi connectivity index (χ1n) is 8.14. The molecule has 4 aromatic rings. The summed E-state index contributed by atoms with van der Waals surface area (Å²) in [6.07, 6.45) is -0.680. The van der Waals surface area contributed by atoms with E-state index in [0.29, 0.717) is 5.56 Å². The van der Waals surface area contributed by atoms with Gasteiger partial charge in [-0.2, -0.15) is 18.3 Å². The van der Waals surface area contributed by atoms with Gasteiger partial charge < -0.3 is 4.98 Å². The van der Waals surface area contributed by atoms with E-state index in [4.69, 9.17) is 0 Å². The molecule has 0 bridgehead atoms. The Balaban J connectivity index is 1.71. The van der Waals surface area contributed by atoms with Crippen molar-refractivity contribution in [3.05, 3.63) is 80.8 Å². The van der Waals surface area contributed by atoms with Crippen LogP contribution in [0, 0.1) is 0 Å². The number of rotatable bonds is 4. The molecule has 148 valence electrons. The van der Waals surface area contributed by atoms with Gasteiger partial charge in [0.1, 0.15) is 0 Å². The maximum absolute atomic E-state index is 12.9. The van der Waals surface area contributed by atoms with Crippen molar-refractivity contribution in [3.8, 4) is 5.82 Å². The van der Waals surface area contributed by atoms with Crippen molar-refractivity contribution in [1.29, 1.82) is 0 Å². The van der Waals surface area contributed by atoms with Crippen molar-refractivity contribution in [3.63, 3.8) is 0 Å². The van der Waals surface area contributed by atoms with Crippen LogP contribution in [0.4, 0.5) is 13.2 Å². The van der Waals surface area contributed by atoms with Crippen LogP contribution in [0.1, 0.15) is 11.1 Å². The molecular formula is C17H11F3N6O2S. The van der Waals surface area contributed by atoms with E-state index >= 15 is 0 Å². The van der Waals surface area contributed by atoms with Crippen molar-refractivity contribution in [2.75, 3.05) is 0 Å². The van der Waals surface area contributed by atoms with Gasteiger partial charge in [0.15, 0.2) is 16.5 Å². The van der Waals surface area contributed by atoms with E-state index in [-0.39, 0.29) is 22.2 Å². The summed E-state index contributed by atoms with van der Waals surface area (Å²) in [6, 6.07) is 6.21. The lowest BCUT2D eigenvalue weighted by Gasteiger charge is -2.11. The number of benzene rings is 1. The maximum atomic E-state index is 12.9. The molecule has 0 saturated carbocycles. The molecule has 1 aromatic carbocycles. The van der Waals surface area contributed by atoms with Crippen LogP contribution >= 0.6 is 11.8 Å². The number of nitrogens with one attached hydrogen (secondary N) is 1. The summed E-state index contributed by atoms with van der Waals surface area (Å²) < 4.78 is 40.5. The van der Waals surface area contributed by atoms with Gasteiger partial charge in [0.25, 0.3) is 11.1 Å². The highest BCUT2D eigenvalue weighted by atomic mass is 32.2. The predicted molar refractivity (Wildman–Crippen MR) is 98.0 cm³/mol. The van der Waals surface area contributed by atoms with Crippen LogP contribution in [0.3, 0.4) is 0 Å². The molecule has 0 aliphatic rings. The van der Waals surface area contributed by atoms with Gasteiger partial charge in [-0.05, 0) is 23.8 Å². The van der Waals surface area contributed by atoms with Crippen LogP contribution in [-0.4, -0.2) is 29.4 Å². The molecule has 29 heavy (non-hydrogen) atoms. The van der Waals surface area contributed by atoms with Crippen molar-refractivity contribution in [2.45, 2.75) is 17.1 Å². The smallest absolute Gasteiger partial charge is 0.324 e. The molecule has 0 radical (unpaired) electrons. The Hall–Kier alpha value is -3.41. The second-order valence-electron chi connectivity index (χ2n) is 5.88. The quantitative estimate of drug-likeness (QED) is 0.509. The van der Waals surface area contributed by atoms with Crippen molar-refractivity contribution in [2.24, 2.45) is 0 Å². The average Bonchev–Trinajstić information content (AvgIpc) is 3.16. The SMILES string of the molecule is O=c1cnc(-n2c(SCc3ccc(C(F)(F)F)cc3)nn3nccc3c2=O)c[nH]1. The van der Waals surface area contributed by atoms with E-state index in [1.807, 2.05) is 0 Å². The molecule has 0 unspecified atom stereocenters. The van der Waals surface area contributed by atoms with Crippen molar-refractivity contribution >= 4 is 17.3 Å². The highest BCUT2D eigenvalue weighted by Crippen LogP contribution is 2.30. The highest BCUT2D eigenvalue weighted by Gasteiger charge is 2.29. The third-order valence-corrected chi connectivity index (χ3v) is 4.95. The first-order valence-corrected chi connectivity index (χ1v) is 9.12. The second-order valence-corrected chi connectivity index (χ2v) is 6.82. The number of alkyl halides is 3. The lowest BCUT2D eigenvalue weighted by Crippen LogP contribution is -2.26. The Bertz CT molecular complexity index is 1270. The Morgan fingerprint density at radius 1 is 1.10 bits per heavy atom. The summed E-state index contributed by atoms with van der Waals surface area (Å²) in [5, 5.41) is 8.46. The summed E-state index contributed by atoms with van der Waals surface area (Å²) in [5.74, 6) is 0.404. The minimum atomic E-state index is -4.41. The zero-order valence-electron chi connectivity index (χ0n) is 14.4. The van der Waals surface area contributed by atoms with E-state index < -0.39 is 22.9 Å². The molecule has 3 heterocycles. The molecule has 0 saturated heterocycles. The summed E-state index contributed by atoms with van der Waals surface area (Å²) in [7, 11) is 0. The first kappa shape index (κ1) is 18.9. The summed E-state index contributed by atoms with van der Waals surface area (Å²) in [5.41, 5.74) is -0.807. The Morgan fingerprint density at radius 3 is 2.52 bits per heavy atom. The Labute approximate surface area is 164 Å². The van der Waals surface area contributed by atoms with Gasteiger partial charge in [0.05, 0.1) is 18.0 Å². The van der Waals surface area contributed by atoms with Crippen LogP contribution in [0.2, 0.25) is 0 Å². The number of fused-ring (bicyclic) bond motifs is 1. The van der Waals surface area contributed by atoms with E-state index in [0.717, 1.165) is 30.1 Å². The fraction of sp³-hybridized carbons (Fsp3) is 0.118. The molecule has 0 amide bonds. The monoisotopic (exact) mass is 420 g/mol. The van der Waals surface area contributed by atoms with Gasteiger partial charge in [-0.1, -0.05) is 23.9 Å². The second kappa shape index (κ2) is 7.20. The molecular weight excluding hydrogens is 409 g/mol. The molecule has 0 fully saturated rings. The zero-order chi connectivity index (χ0) is 20.6. The van der Waals surface area contributed by atoms with Gasteiger partial charge in [-0.15, -0.1) is 9.73 Å². The van der Waals surface area contributed by atoms with Gasteiger partial charge in [0, 0.05) is 11.9 Å². The number of aromatic nitrogens is 6. The summed E-state index contributed by atoms with van der Waals surface area (Å²) >= 11 is 1.12. The zero-order valence-corrected chi connectivity index (χ0v) is 15.2. The predicted octanol–water partition coefficient (Wildman–Crippen LogP) is 2.27. The number of aromatic amines is 1. The fourth-order valence-corrected chi connectivity index (χ4v) is 3.48. The number of nitrogens with zero attached hydrogens (tertiary/aromatic N) is 5. The summed E-state index contributed by atoms with van der Waals surface area (Å²) in [6.45, 7) is 0. The van der Waals surface area contributed by atoms with E-state index in [1.54, 1.807) is 0 Å². The Morgan fingerprint density at radius 2 is 1.86 bits per heavy atom. The number of halogens is 3. The fourth-order valence-electron chi connectivity index (χ4n) is 2.55. The van der Waals surface area contributed by atoms with Gasteiger partial charge in [-0.25, -0.2) is 9.55 Å². The minimum absolute atomic E-state index is 0.153. The largest absolute Gasteiger partial charge is 0.416 e. The van der Waals surface area contributed by atoms with Crippen molar-refractivity contribution in [1.82, 2.24) is 29.4 Å². The summed E-state index contributed by atoms with van der Waals surface area (Å²) in [4.78, 5) is 30.5. The number of hydrogen-bond donors (Lipinski definition) is 1. The molecule has 0 aliphatic heterocycles. The van der Waals surface area contributed by atoms with Gasteiger partial charge in [-0.3, -0.25) is 9.59 Å². The molecule has 3 aromatic heterocycles. The lowest BCUT2D eigenvalue weighted by molar-refractivity contribution is -0.137. The Kier molecular flexibility index (Phi) is 4.70. The van der Waals surface area contributed by atoms with E-state index in [1.165, 1.54) is 39.8 Å². The van der Waals surface area contributed by atoms with Crippen molar-refractivity contribution < 1.29 is 13.2 Å².